The Bertz CT molecular complexity index is 1050. The van der Waals surface area contributed by atoms with Crippen LogP contribution in [0.5, 0.6) is 0 Å². The van der Waals surface area contributed by atoms with Crippen molar-refractivity contribution in [1.82, 2.24) is 14.9 Å². The van der Waals surface area contributed by atoms with Crippen LogP contribution in [0.1, 0.15) is 38.4 Å². The van der Waals surface area contributed by atoms with E-state index in [1.807, 2.05) is 54.3 Å². The molecule has 0 saturated heterocycles. The molecule has 0 spiro atoms. The van der Waals surface area contributed by atoms with Gasteiger partial charge < -0.3 is 4.90 Å². The van der Waals surface area contributed by atoms with Gasteiger partial charge in [0.05, 0.1) is 12.2 Å². The van der Waals surface area contributed by atoms with E-state index in [4.69, 9.17) is 0 Å². The normalized spacial score (nSPS) is 12.7. The summed E-state index contributed by atoms with van der Waals surface area (Å²) in [6, 6.07) is 15.4. The molecule has 4 nitrogen and oxygen atoms in total. The van der Waals surface area contributed by atoms with Crippen LogP contribution >= 0.6 is 0 Å². The largest absolute Gasteiger partial charge is 0.332 e. The first-order chi connectivity index (χ1) is 13.2. The van der Waals surface area contributed by atoms with Gasteiger partial charge in [-0.05, 0) is 60.7 Å². The van der Waals surface area contributed by atoms with Crippen molar-refractivity contribution in [3.05, 3.63) is 94.6 Å². The van der Waals surface area contributed by atoms with Crippen molar-refractivity contribution in [3.63, 3.8) is 0 Å². The van der Waals surface area contributed by atoms with E-state index in [2.05, 4.69) is 27.9 Å². The molecule has 0 atom stereocenters. The molecule has 4 heteroatoms. The summed E-state index contributed by atoms with van der Waals surface area (Å²) in [6.07, 6.45) is 4.34. The number of amides is 1. The van der Waals surface area contributed by atoms with E-state index in [1.165, 1.54) is 5.56 Å². The smallest absolute Gasteiger partial charge is 0.254 e. The molecule has 1 amide bonds. The Hall–Kier alpha value is -3.45. The number of pyridine rings is 2. The fourth-order valence-corrected chi connectivity index (χ4v) is 3.17. The summed E-state index contributed by atoms with van der Waals surface area (Å²) in [5.74, 6) is 6.23. The molecule has 1 aliphatic rings. The zero-order chi connectivity index (χ0) is 18.6. The molecule has 1 aliphatic heterocycles. The molecule has 3 heterocycles. The van der Waals surface area contributed by atoms with Gasteiger partial charge in [-0.1, -0.05) is 24.1 Å². The van der Waals surface area contributed by atoms with E-state index in [1.54, 1.807) is 12.4 Å². The number of carbonyl (C=O) groups is 1. The minimum Gasteiger partial charge on any atom is -0.332 e. The highest BCUT2D eigenvalue weighted by Gasteiger charge is 2.22. The Balaban J connectivity index is 1.58. The minimum atomic E-state index is 0.0205. The van der Waals surface area contributed by atoms with Crippen LogP contribution < -0.4 is 0 Å². The number of carbonyl (C=O) groups excluding carboxylic acids is 1. The van der Waals surface area contributed by atoms with Gasteiger partial charge in [0.25, 0.3) is 5.91 Å². The van der Waals surface area contributed by atoms with Crippen molar-refractivity contribution in [2.75, 3.05) is 6.54 Å². The highest BCUT2D eigenvalue weighted by molar-refractivity contribution is 5.94. The molecule has 0 radical (unpaired) electrons. The number of nitrogens with zero attached hydrogens (tertiary/aromatic N) is 3. The van der Waals surface area contributed by atoms with Crippen molar-refractivity contribution >= 4 is 5.91 Å². The Kier molecular flexibility index (Phi) is 4.67. The fourth-order valence-electron chi connectivity index (χ4n) is 3.17. The summed E-state index contributed by atoms with van der Waals surface area (Å²) in [7, 11) is 0. The van der Waals surface area contributed by atoms with E-state index in [0.717, 1.165) is 23.2 Å². The van der Waals surface area contributed by atoms with E-state index in [0.29, 0.717) is 24.3 Å². The summed E-state index contributed by atoms with van der Waals surface area (Å²) < 4.78 is 0. The van der Waals surface area contributed by atoms with Crippen molar-refractivity contribution in [2.24, 2.45) is 0 Å². The van der Waals surface area contributed by atoms with Gasteiger partial charge in [0.1, 0.15) is 5.69 Å². The average Bonchev–Trinajstić information content (AvgIpc) is 2.73. The third-order valence-electron chi connectivity index (χ3n) is 4.74. The fraction of sp³-hybridized carbons (Fsp3) is 0.174. The minimum absolute atomic E-state index is 0.0205. The number of aromatic nitrogens is 2. The average molecular weight is 353 g/mol. The summed E-state index contributed by atoms with van der Waals surface area (Å²) in [4.78, 5) is 23.5. The van der Waals surface area contributed by atoms with Gasteiger partial charge in [-0.25, -0.2) is 4.98 Å². The van der Waals surface area contributed by atoms with Crippen LogP contribution in [0, 0.1) is 18.8 Å². The lowest BCUT2D eigenvalue weighted by molar-refractivity contribution is 0.0732. The Morgan fingerprint density at radius 2 is 1.93 bits per heavy atom. The molecule has 0 bridgehead atoms. The second-order valence-corrected chi connectivity index (χ2v) is 6.58. The molecule has 132 valence electrons. The lowest BCUT2D eigenvalue weighted by Gasteiger charge is -2.28. The van der Waals surface area contributed by atoms with Gasteiger partial charge in [0, 0.05) is 30.1 Å². The number of aryl methyl sites for hydroxylation is 1. The van der Waals surface area contributed by atoms with Gasteiger partial charge in [-0.3, -0.25) is 9.78 Å². The maximum atomic E-state index is 13.0. The molecular formula is C23H19N3O. The predicted molar refractivity (Wildman–Crippen MR) is 104 cm³/mol. The number of hydrogen-bond donors (Lipinski definition) is 0. The van der Waals surface area contributed by atoms with Crippen LogP contribution in [0.15, 0.2) is 60.9 Å². The quantitative estimate of drug-likeness (QED) is 0.630. The van der Waals surface area contributed by atoms with Crippen molar-refractivity contribution in [2.45, 2.75) is 19.9 Å². The van der Waals surface area contributed by atoms with Crippen LogP contribution in [-0.2, 0) is 13.0 Å². The van der Waals surface area contributed by atoms with E-state index < -0.39 is 0 Å². The first kappa shape index (κ1) is 17.0. The van der Waals surface area contributed by atoms with Crippen molar-refractivity contribution in [3.8, 4) is 11.8 Å². The van der Waals surface area contributed by atoms with Gasteiger partial charge in [-0.15, -0.1) is 0 Å². The summed E-state index contributed by atoms with van der Waals surface area (Å²) in [6.45, 7) is 3.26. The molecule has 0 unspecified atom stereocenters. The zero-order valence-corrected chi connectivity index (χ0v) is 15.1. The van der Waals surface area contributed by atoms with Crippen LogP contribution in [0.3, 0.4) is 0 Å². The molecule has 0 fully saturated rings. The van der Waals surface area contributed by atoms with Crippen LogP contribution in [0.2, 0.25) is 0 Å². The molecular weight excluding hydrogens is 334 g/mol. The van der Waals surface area contributed by atoms with E-state index in [-0.39, 0.29) is 5.91 Å². The third kappa shape index (κ3) is 3.73. The molecule has 3 aromatic rings. The van der Waals surface area contributed by atoms with Crippen molar-refractivity contribution < 1.29 is 4.79 Å². The van der Waals surface area contributed by atoms with Gasteiger partial charge in [0.2, 0.25) is 0 Å². The SMILES string of the molecule is Cc1ccc(C(=O)N2CCc3cccnc3C2)cc1C#Cc1ccccn1. The third-order valence-corrected chi connectivity index (χ3v) is 4.74. The molecule has 0 N–H and O–H groups in total. The van der Waals surface area contributed by atoms with Crippen LogP contribution in [-0.4, -0.2) is 27.3 Å². The van der Waals surface area contributed by atoms with Gasteiger partial charge in [-0.2, -0.15) is 0 Å². The van der Waals surface area contributed by atoms with E-state index in [9.17, 15) is 4.79 Å². The summed E-state index contributed by atoms with van der Waals surface area (Å²) >= 11 is 0. The Labute approximate surface area is 158 Å². The topological polar surface area (TPSA) is 46.1 Å². The zero-order valence-electron chi connectivity index (χ0n) is 15.1. The lowest BCUT2D eigenvalue weighted by Crippen LogP contribution is -2.36. The molecule has 0 saturated carbocycles. The molecule has 1 aromatic carbocycles. The molecule has 27 heavy (non-hydrogen) atoms. The standard InChI is InChI=1S/C23H19N3O/c1-17-7-8-20(15-19(17)9-10-21-6-2-3-12-24-21)23(27)26-14-11-18-5-4-13-25-22(18)16-26/h2-8,12-13,15H,11,14,16H2,1H3. The first-order valence-corrected chi connectivity index (χ1v) is 8.96. The summed E-state index contributed by atoms with van der Waals surface area (Å²) in [5.41, 5.74) is 5.48. The molecule has 0 aliphatic carbocycles. The number of rotatable bonds is 1. The molecule has 4 rings (SSSR count). The Morgan fingerprint density at radius 3 is 2.78 bits per heavy atom. The summed E-state index contributed by atoms with van der Waals surface area (Å²) in [5, 5.41) is 0. The predicted octanol–water partition coefficient (Wildman–Crippen LogP) is 3.38. The highest BCUT2D eigenvalue weighted by atomic mass is 16.2. The Morgan fingerprint density at radius 1 is 1.04 bits per heavy atom. The number of hydrogen-bond acceptors (Lipinski definition) is 3. The highest BCUT2D eigenvalue weighted by Crippen LogP contribution is 2.19. The number of benzene rings is 1. The first-order valence-electron chi connectivity index (χ1n) is 8.96. The second kappa shape index (κ2) is 7.43. The van der Waals surface area contributed by atoms with Gasteiger partial charge >= 0.3 is 0 Å². The second-order valence-electron chi connectivity index (χ2n) is 6.58. The molecule has 2 aromatic heterocycles. The van der Waals surface area contributed by atoms with Crippen LogP contribution in [0.4, 0.5) is 0 Å². The maximum Gasteiger partial charge on any atom is 0.254 e. The maximum absolute atomic E-state index is 13.0. The monoisotopic (exact) mass is 353 g/mol. The number of fused-ring (bicyclic) bond motifs is 1. The van der Waals surface area contributed by atoms with E-state index >= 15 is 0 Å². The lowest BCUT2D eigenvalue weighted by atomic mass is 10.0. The van der Waals surface area contributed by atoms with Crippen molar-refractivity contribution in [1.29, 1.82) is 0 Å². The van der Waals surface area contributed by atoms with Crippen LogP contribution in [0.25, 0.3) is 0 Å². The van der Waals surface area contributed by atoms with Gasteiger partial charge in [0.15, 0.2) is 0 Å².